The van der Waals surface area contributed by atoms with Gasteiger partial charge in [0.15, 0.2) is 17.5 Å². The van der Waals surface area contributed by atoms with E-state index in [0.29, 0.717) is 29.8 Å². The molecule has 0 amide bonds. The Bertz CT molecular complexity index is 728. The number of aliphatic imine (C=N–C) groups is 1. The minimum absolute atomic E-state index is 0.544. The highest BCUT2D eigenvalue weighted by molar-refractivity contribution is 5.94. The molecule has 1 aromatic heterocycles. The van der Waals surface area contributed by atoms with Gasteiger partial charge in [-0.15, -0.1) is 0 Å². The molecule has 2 aromatic rings. The predicted molar refractivity (Wildman–Crippen MR) is 98.1 cm³/mol. The molecule has 2 rings (SSSR count). The van der Waals surface area contributed by atoms with Crippen molar-refractivity contribution in [1.82, 2.24) is 5.32 Å². The third-order valence-corrected chi connectivity index (χ3v) is 3.74. The SMILES string of the molecule is CN=C(NCc1cc(C)oc1C)Nc1cc(OC)c(OC)c(OC)c1. The minimum atomic E-state index is 0.544. The summed E-state index contributed by atoms with van der Waals surface area (Å²) in [5, 5.41) is 6.48. The van der Waals surface area contributed by atoms with E-state index < -0.39 is 0 Å². The lowest BCUT2D eigenvalue weighted by atomic mass is 10.2. The van der Waals surface area contributed by atoms with Gasteiger partial charge in [-0.1, -0.05) is 0 Å². The number of nitrogens with zero attached hydrogens (tertiary/aromatic N) is 1. The minimum Gasteiger partial charge on any atom is -0.493 e. The number of rotatable bonds is 6. The summed E-state index contributed by atoms with van der Waals surface area (Å²) >= 11 is 0. The van der Waals surface area contributed by atoms with Gasteiger partial charge in [-0.25, -0.2) is 0 Å². The van der Waals surface area contributed by atoms with E-state index in [2.05, 4.69) is 15.6 Å². The van der Waals surface area contributed by atoms with Gasteiger partial charge in [-0.05, 0) is 19.9 Å². The Labute approximate surface area is 148 Å². The summed E-state index contributed by atoms with van der Waals surface area (Å²) < 4.78 is 21.6. The van der Waals surface area contributed by atoms with Gasteiger partial charge in [0.2, 0.25) is 5.75 Å². The van der Waals surface area contributed by atoms with Crippen LogP contribution in [-0.2, 0) is 6.54 Å². The van der Waals surface area contributed by atoms with E-state index >= 15 is 0 Å². The zero-order chi connectivity index (χ0) is 18.4. The fourth-order valence-corrected chi connectivity index (χ4v) is 2.51. The summed E-state index contributed by atoms with van der Waals surface area (Å²) in [4.78, 5) is 4.24. The third kappa shape index (κ3) is 4.37. The molecule has 0 bridgehead atoms. The second kappa shape index (κ2) is 8.32. The molecular formula is C18H25N3O4. The molecule has 7 heteroatoms. The number of hydrogen-bond acceptors (Lipinski definition) is 5. The molecule has 0 saturated heterocycles. The van der Waals surface area contributed by atoms with Crippen molar-refractivity contribution in [2.45, 2.75) is 20.4 Å². The number of benzene rings is 1. The summed E-state index contributed by atoms with van der Waals surface area (Å²) in [6.07, 6.45) is 0. The van der Waals surface area contributed by atoms with Crippen LogP contribution in [0.25, 0.3) is 0 Å². The number of nitrogens with one attached hydrogen (secondary N) is 2. The average Bonchev–Trinajstić information content (AvgIpc) is 2.94. The van der Waals surface area contributed by atoms with Crippen molar-refractivity contribution in [2.24, 2.45) is 4.99 Å². The first-order valence-electron chi connectivity index (χ1n) is 7.86. The number of anilines is 1. The largest absolute Gasteiger partial charge is 0.493 e. The molecule has 0 spiro atoms. The lowest BCUT2D eigenvalue weighted by molar-refractivity contribution is 0.324. The van der Waals surface area contributed by atoms with E-state index in [1.807, 2.05) is 32.0 Å². The maximum Gasteiger partial charge on any atom is 0.203 e. The average molecular weight is 347 g/mol. The standard InChI is InChI=1S/C18H25N3O4/c1-11-7-13(12(2)25-11)10-20-18(19-3)21-14-8-15(22-4)17(24-6)16(9-14)23-5/h7-9H,10H2,1-6H3,(H2,19,20,21). The molecule has 136 valence electrons. The number of methoxy groups -OCH3 is 3. The molecule has 0 aliphatic heterocycles. The monoisotopic (exact) mass is 347 g/mol. The van der Waals surface area contributed by atoms with E-state index in [-0.39, 0.29) is 0 Å². The lowest BCUT2D eigenvalue weighted by Crippen LogP contribution is -2.30. The van der Waals surface area contributed by atoms with Crippen molar-refractivity contribution in [2.75, 3.05) is 33.7 Å². The van der Waals surface area contributed by atoms with Crippen molar-refractivity contribution in [3.05, 3.63) is 35.3 Å². The Morgan fingerprint density at radius 3 is 2.12 bits per heavy atom. The smallest absolute Gasteiger partial charge is 0.203 e. The van der Waals surface area contributed by atoms with Crippen molar-refractivity contribution < 1.29 is 18.6 Å². The number of guanidine groups is 1. The van der Waals surface area contributed by atoms with E-state index in [0.717, 1.165) is 22.8 Å². The predicted octanol–water partition coefficient (Wildman–Crippen LogP) is 3.11. The van der Waals surface area contributed by atoms with Gasteiger partial charge < -0.3 is 29.3 Å². The molecule has 0 aliphatic carbocycles. The van der Waals surface area contributed by atoms with E-state index in [4.69, 9.17) is 18.6 Å². The molecule has 25 heavy (non-hydrogen) atoms. The Kier molecular flexibility index (Phi) is 6.16. The zero-order valence-corrected chi connectivity index (χ0v) is 15.5. The van der Waals surface area contributed by atoms with Crippen molar-refractivity contribution >= 4 is 11.6 Å². The normalized spacial score (nSPS) is 11.2. The molecule has 1 aromatic carbocycles. The van der Waals surface area contributed by atoms with Crippen LogP contribution in [0.5, 0.6) is 17.2 Å². The molecule has 0 saturated carbocycles. The summed E-state index contributed by atoms with van der Waals surface area (Å²) in [5.41, 5.74) is 1.85. The van der Waals surface area contributed by atoms with Crippen LogP contribution in [0, 0.1) is 13.8 Å². The van der Waals surface area contributed by atoms with Gasteiger partial charge in [0.05, 0.1) is 21.3 Å². The Morgan fingerprint density at radius 1 is 1.04 bits per heavy atom. The van der Waals surface area contributed by atoms with Crippen LogP contribution in [0.1, 0.15) is 17.1 Å². The van der Waals surface area contributed by atoms with Gasteiger partial charge in [0, 0.05) is 37.0 Å². The summed E-state index contributed by atoms with van der Waals surface area (Å²) in [7, 11) is 6.44. The van der Waals surface area contributed by atoms with Crippen molar-refractivity contribution in [3.8, 4) is 17.2 Å². The van der Waals surface area contributed by atoms with Gasteiger partial charge in [-0.3, -0.25) is 4.99 Å². The molecule has 0 unspecified atom stereocenters. The van der Waals surface area contributed by atoms with Crippen LogP contribution >= 0.6 is 0 Å². The van der Waals surface area contributed by atoms with Crippen molar-refractivity contribution in [1.29, 1.82) is 0 Å². The maximum absolute atomic E-state index is 5.54. The summed E-state index contributed by atoms with van der Waals surface area (Å²) in [5.74, 6) is 4.09. The second-order valence-electron chi connectivity index (χ2n) is 5.40. The van der Waals surface area contributed by atoms with E-state index in [1.54, 1.807) is 28.4 Å². The highest BCUT2D eigenvalue weighted by Gasteiger charge is 2.14. The highest BCUT2D eigenvalue weighted by Crippen LogP contribution is 2.39. The molecular weight excluding hydrogens is 322 g/mol. The van der Waals surface area contributed by atoms with Gasteiger partial charge in [-0.2, -0.15) is 0 Å². The van der Waals surface area contributed by atoms with Gasteiger partial charge in [0.25, 0.3) is 0 Å². The Morgan fingerprint density at radius 2 is 1.68 bits per heavy atom. The summed E-state index contributed by atoms with van der Waals surface area (Å²) in [6.45, 7) is 4.48. The van der Waals surface area contributed by atoms with E-state index in [1.165, 1.54) is 0 Å². The molecule has 1 heterocycles. The van der Waals surface area contributed by atoms with Gasteiger partial charge in [0.1, 0.15) is 11.5 Å². The quantitative estimate of drug-likeness (QED) is 0.618. The van der Waals surface area contributed by atoms with E-state index in [9.17, 15) is 0 Å². The lowest BCUT2D eigenvalue weighted by Gasteiger charge is -2.16. The van der Waals surface area contributed by atoms with Crippen LogP contribution in [0.15, 0.2) is 27.6 Å². The highest BCUT2D eigenvalue weighted by atomic mass is 16.5. The first kappa shape index (κ1) is 18.5. The fraction of sp³-hybridized carbons (Fsp3) is 0.389. The summed E-state index contributed by atoms with van der Waals surface area (Å²) in [6, 6.07) is 5.65. The van der Waals surface area contributed by atoms with Crippen LogP contribution in [0.4, 0.5) is 5.69 Å². The number of hydrogen-bond donors (Lipinski definition) is 2. The molecule has 0 radical (unpaired) electrons. The van der Waals surface area contributed by atoms with Crippen LogP contribution in [-0.4, -0.2) is 34.3 Å². The number of ether oxygens (including phenoxy) is 3. The number of aryl methyl sites for hydroxylation is 2. The molecule has 2 N–H and O–H groups in total. The van der Waals surface area contributed by atoms with Crippen LogP contribution < -0.4 is 24.8 Å². The fourth-order valence-electron chi connectivity index (χ4n) is 2.51. The molecule has 0 fully saturated rings. The first-order valence-corrected chi connectivity index (χ1v) is 7.86. The molecule has 0 atom stereocenters. The maximum atomic E-state index is 5.54. The third-order valence-electron chi connectivity index (χ3n) is 3.74. The number of furan rings is 1. The first-order chi connectivity index (χ1) is 12.0. The second-order valence-corrected chi connectivity index (χ2v) is 5.40. The zero-order valence-electron chi connectivity index (χ0n) is 15.5. The Hall–Kier alpha value is -2.83. The van der Waals surface area contributed by atoms with Crippen molar-refractivity contribution in [3.63, 3.8) is 0 Å². The van der Waals surface area contributed by atoms with Crippen LogP contribution in [0.2, 0.25) is 0 Å². The van der Waals surface area contributed by atoms with Gasteiger partial charge >= 0.3 is 0 Å². The topological polar surface area (TPSA) is 77.3 Å². The molecule has 0 aliphatic rings. The van der Waals surface area contributed by atoms with Crippen LogP contribution in [0.3, 0.4) is 0 Å². The molecule has 7 nitrogen and oxygen atoms in total. The Balaban J connectivity index is 2.14.